The molecule has 15 heavy (non-hydrogen) atoms. The lowest BCUT2D eigenvalue weighted by atomic mass is 10.1. The molecule has 0 aliphatic heterocycles. The van der Waals surface area contributed by atoms with Crippen LogP contribution in [-0.4, -0.2) is 4.98 Å². The Bertz CT molecular complexity index is 506. The number of benzene rings is 1. The molecule has 0 unspecified atom stereocenters. The van der Waals surface area contributed by atoms with Gasteiger partial charge in [0.05, 0.1) is 5.52 Å². The van der Waals surface area contributed by atoms with Crippen molar-refractivity contribution < 1.29 is 0 Å². The van der Waals surface area contributed by atoms with E-state index in [1.807, 2.05) is 12.3 Å². The van der Waals surface area contributed by atoms with Crippen LogP contribution in [0.5, 0.6) is 0 Å². The summed E-state index contributed by atoms with van der Waals surface area (Å²) in [4.78, 5) is 4.40. The van der Waals surface area contributed by atoms with E-state index in [1.54, 1.807) is 0 Å². The second kappa shape index (κ2) is 4.65. The zero-order valence-corrected chi connectivity index (χ0v) is 9.65. The van der Waals surface area contributed by atoms with Gasteiger partial charge in [-0.15, -0.1) is 24.8 Å². The molecule has 0 amide bonds. The molecule has 0 bridgehead atoms. The Balaban J connectivity index is 0.000000562. The number of para-hydroxylation sites is 1. The second-order valence-corrected chi connectivity index (χ2v) is 3.32. The number of hydrogen-bond donors (Lipinski definition) is 0. The van der Waals surface area contributed by atoms with E-state index in [9.17, 15) is 0 Å². The Labute approximate surface area is 101 Å². The zero-order chi connectivity index (χ0) is 8.67. The van der Waals surface area contributed by atoms with Crippen molar-refractivity contribution in [2.45, 2.75) is 6.42 Å². The Kier molecular flexibility index (Phi) is 3.72. The van der Waals surface area contributed by atoms with Gasteiger partial charge in [-0.2, -0.15) is 0 Å². The highest BCUT2D eigenvalue weighted by Crippen LogP contribution is 2.25. The highest BCUT2D eigenvalue weighted by Gasteiger charge is 2.08. The summed E-state index contributed by atoms with van der Waals surface area (Å²) >= 11 is 0. The van der Waals surface area contributed by atoms with E-state index in [-0.39, 0.29) is 24.8 Å². The van der Waals surface area contributed by atoms with Gasteiger partial charge in [-0.05, 0) is 23.6 Å². The molecule has 1 aliphatic carbocycles. The van der Waals surface area contributed by atoms with Crippen molar-refractivity contribution in [2.75, 3.05) is 0 Å². The maximum Gasteiger partial charge on any atom is 0.0705 e. The first-order valence-electron chi connectivity index (χ1n) is 4.48. The van der Waals surface area contributed by atoms with E-state index in [4.69, 9.17) is 0 Å². The molecule has 0 N–H and O–H groups in total. The molecule has 1 heterocycles. The zero-order valence-electron chi connectivity index (χ0n) is 8.01. The third kappa shape index (κ3) is 1.85. The lowest BCUT2D eigenvalue weighted by Gasteiger charge is -2.03. The van der Waals surface area contributed by atoms with Gasteiger partial charge in [0.15, 0.2) is 0 Å². The molecule has 3 heteroatoms. The Hall–Kier alpha value is -1.05. The van der Waals surface area contributed by atoms with Crippen LogP contribution in [0.2, 0.25) is 0 Å². The molecule has 1 aromatic heterocycles. The molecular formula is C12H11Cl2N. The maximum absolute atomic E-state index is 4.40. The van der Waals surface area contributed by atoms with Crippen molar-refractivity contribution in [1.29, 1.82) is 0 Å². The number of fused-ring (bicyclic) bond motifs is 3. The number of nitrogens with zero attached hydrogens (tertiary/aromatic N) is 1. The minimum absolute atomic E-state index is 0. The van der Waals surface area contributed by atoms with Crippen LogP contribution in [0.3, 0.4) is 0 Å². The molecule has 1 nitrogen and oxygen atoms in total. The van der Waals surface area contributed by atoms with Gasteiger partial charge in [0.1, 0.15) is 0 Å². The number of aromatic nitrogens is 1. The molecule has 2 aromatic rings. The fourth-order valence-electron chi connectivity index (χ4n) is 1.89. The molecule has 0 radical (unpaired) electrons. The summed E-state index contributed by atoms with van der Waals surface area (Å²) in [6.07, 6.45) is 7.35. The van der Waals surface area contributed by atoms with E-state index in [0.717, 1.165) is 11.9 Å². The quantitative estimate of drug-likeness (QED) is 0.684. The van der Waals surface area contributed by atoms with E-state index in [1.165, 1.54) is 16.5 Å². The summed E-state index contributed by atoms with van der Waals surface area (Å²) in [5.41, 5.74) is 3.80. The number of halogens is 2. The Morgan fingerprint density at radius 3 is 2.73 bits per heavy atom. The molecule has 0 saturated carbocycles. The summed E-state index contributed by atoms with van der Waals surface area (Å²) < 4.78 is 0. The van der Waals surface area contributed by atoms with Crippen LogP contribution in [0.15, 0.2) is 36.5 Å². The molecule has 0 atom stereocenters. The topological polar surface area (TPSA) is 12.9 Å². The first-order chi connectivity index (χ1) is 6.45. The number of pyridine rings is 1. The van der Waals surface area contributed by atoms with Crippen molar-refractivity contribution in [3.8, 4) is 0 Å². The smallest absolute Gasteiger partial charge is 0.0705 e. The van der Waals surface area contributed by atoms with E-state index in [2.05, 4.69) is 35.3 Å². The molecule has 78 valence electrons. The van der Waals surface area contributed by atoms with Crippen molar-refractivity contribution in [3.63, 3.8) is 0 Å². The number of rotatable bonds is 0. The van der Waals surface area contributed by atoms with Crippen LogP contribution in [0.25, 0.3) is 17.0 Å². The van der Waals surface area contributed by atoms with Crippen molar-refractivity contribution in [3.05, 3.63) is 47.7 Å². The molecule has 0 saturated heterocycles. The van der Waals surface area contributed by atoms with E-state index < -0.39 is 0 Å². The number of hydrogen-bond acceptors (Lipinski definition) is 1. The van der Waals surface area contributed by atoms with Gasteiger partial charge < -0.3 is 0 Å². The third-order valence-electron chi connectivity index (χ3n) is 2.54. The second-order valence-electron chi connectivity index (χ2n) is 3.32. The van der Waals surface area contributed by atoms with Gasteiger partial charge in [-0.1, -0.05) is 30.4 Å². The van der Waals surface area contributed by atoms with Crippen LogP contribution in [0.4, 0.5) is 0 Å². The first-order valence-corrected chi connectivity index (χ1v) is 4.48. The predicted octanol–water partition coefficient (Wildman–Crippen LogP) is 3.65. The summed E-state index contributed by atoms with van der Waals surface area (Å²) in [5.74, 6) is 0. The highest BCUT2D eigenvalue weighted by molar-refractivity contribution is 5.87. The Morgan fingerprint density at radius 2 is 1.87 bits per heavy atom. The Morgan fingerprint density at radius 1 is 1.07 bits per heavy atom. The van der Waals surface area contributed by atoms with Crippen LogP contribution in [0.1, 0.15) is 11.1 Å². The van der Waals surface area contributed by atoms with E-state index >= 15 is 0 Å². The maximum atomic E-state index is 4.40. The molecule has 1 aromatic carbocycles. The predicted molar refractivity (Wildman–Crippen MR) is 69.0 cm³/mol. The average Bonchev–Trinajstić information content (AvgIpc) is 2.65. The molecule has 0 fully saturated rings. The first kappa shape index (κ1) is 12.0. The van der Waals surface area contributed by atoms with Crippen LogP contribution < -0.4 is 0 Å². The fourth-order valence-corrected chi connectivity index (χ4v) is 1.89. The lowest BCUT2D eigenvalue weighted by Crippen LogP contribution is -1.87. The molecule has 1 aliphatic rings. The molecule has 3 rings (SSSR count). The van der Waals surface area contributed by atoms with Crippen LogP contribution in [0, 0.1) is 0 Å². The van der Waals surface area contributed by atoms with Gasteiger partial charge in [0.2, 0.25) is 0 Å². The van der Waals surface area contributed by atoms with E-state index in [0.29, 0.717) is 0 Å². The SMILES string of the molecule is C1=Cc2cnc3ccccc3c2C1.Cl.Cl. The fraction of sp³-hybridized carbons (Fsp3) is 0.0833. The molecular weight excluding hydrogens is 229 g/mol. The minimum atomic E-state index is 0. The van der Waals surface area contributed by atoms with Gasteiger partial charge >= 0.3 is 0 Å². The number of allylic oxidation sites excluding steroid dienone is 1. The summed E-state index contributed by atoms with van der Waals surface area (Å²) in [7, 11) is 0. The average molecular weight is 240 g/mol. The van der Waals surface area contributed by atoms with Crippen molar-refractivity contribution >= 4 is 41.8 Å². The van der Waals surface area contributed by atoms with Gasteiger partial charge in [0, 0.05) is 11.6 Å². The lowest BCUT2D eigenvalue weighted by molar-refractivity contribution is 1.30. The van der Waals surface area contributed by atoms with Crippen LogP contribution >= 0.6 is 24.8 Å². The standard InChI is InChI=1S/C12H9N.2ClH/c1-2-7-12-11(5-1)10-6-3-4-9(10)8-13-12;;/h1-5,7-8H,6H2;2*1H. The van der Waals surface area contributed by atoms with Gasteiger partial charge in [-0.3, -0.25) is 4.98 Å². The monoisotopic (exact) mass is 239 g/mol. The van der Waals surface area contributed by atoms with Gasteiger partial charge in [0.25, 0.3) is 0 Å². The normalized spacial score (nSPS) is 11.7. The summed E-state index contributed by atoms with van der Waals surface area (Å²) in [6.45, 7) is 0. The molecule has 0 spiro atoms. The van der Waals surface area contributed by atoms with Crippen molar-refractivity contribution in [2.24, 2.45) is 0 Å². The summed E-state index contributed by atoms with van der Waals surface area (Å²) in [5, 5.41) is 1.30. The largest absolute Gasteiger partial charge is 0.256 e. The third-order valence-corrected chi connectivity index (χ3v) is 2.54. The van der Waals surface area contributed by atoms with Crippen LogP contribution in [-0.2, 0) is 6.42 Å². The summed E-state index contributed by atoms with van der Waals surface area (Å²) in [6, 6.07) is 8.31. The van der Waals surface area contributed by atoms with Crippen molar-refractivity contribution in [1.82, 2.24) is 4.98 Å². The van der Waals surface area contributed by atoms with Gasteiger partial charge in [-0.25, -0.2) is 0 Å². The minimum Gasteiger partial charge on any atom is -0.256 e. The highest BCUT2D eigenvalue weighted by atomic mass is 35.5.